The van der Waals surface area contributed by atoms with Crippen LogP contribution in [0.3, 0.4) is 0 Å². The van der Waals surface area contributed by atoms with Crippen LogP contribution >= 0.6 is 0 Å². The molecule has 0 aromatic heterocycles. The number of benzene rings is 4. The van der Waals surface area contributed by atoms with Crippen molar-refractivity contribution in [2.75, 3.05) is 25.1 Å². The minimum atomic E-state index is -3.72. The highest BCUT2D eigenvalue weighted by molar-refractivity contribution is 7.89. The molecule has 0 bridgehead atoms. The van der Waals surface area contributed by atoms with E-state index in [0.717, 1.165) is 11.1 Å². The fourth-order valence-electron chi connectivity index (χ4n) is 4.54. The maximum Gasteiger partial charge on any atom is 0.265 e. The van der Waals surface area contributed by atoms with E-state index in [2.05, 4.69) is 5.32 Å². The van der Waals surface area contributed by atoms with Gasteiger partial charge in [-0.15, -0.1) is 0 Å². The van der Waals surface area contributed by atoms with Crippen LogP contribution < -0.4 is 19.7 Å². The minimum Gasteiger partial charge on any atom is -0.484 e. The summed E-state index contributed by atoms with van der Waals surface area (Å²) in [6.07, 6.45) is -0.898. The first-order chi connectivity index (χ1) is 20.3. The largest absolute Gasteiger partial charge is 0.484 e. The summed E-state index contributed by atoms with van der Waals surface area (Å²) in [6.45, 7) is 0.283. The minimum absolute atomic E-state index is 0.0186. The van der Waals surface area contributed by atoms with E-state index in [4.69, 9.17) is 9.47 Å². The van der Waals surface area contributed by atoms with Crippen molar-refractivity contribution in [3.63, 3.8) is 0 Å². The lowest BCUT2D eigenvalue weighted by atomic mass is 10.1. The number of rotatable bonds is 10. The zero-order chi connectivity index (χ0) is 29.5. The smallest absolute Gasteiger partial charge is 0.265 e. The third-order valence-electron chi connectivity index (χ3n) is 6.82. The number of para-hydroxylation sites is 2. The molecule has 4 aromatic rings. The monoisotopic (exact) mass is 585 g/mol. The number of carbonyl (C=O) groups is 2. The number of carbonyl (C=O) groups excluding carboxylic acids is 2. The van der Waals surface area contributed by atoms with Gasteiger partial charge in [-0.3, -0.25) is 9.59 Å². The van der Waals surface area contributed by atoms with Gasteiger partial charge >= 0.3 is 0 Å². The molecule has 0 saturated carbocycles. The molecule has 0 spiro atoms. The van der Waals surface area contributed by atoms with Crippen LogP contribution in [-0.4, -0.2) is 50.8 Å². The average molecular weight is 586 g/mol. The molecule has 0 fully saturated rings. The number of sulfonamides is 1. The summed E-state index contributed by atoms with van der Waals surface area (Å²) in [4.78, 5) is 27.8. The number of nitrogens with zero attached hydrogens (tertiary/aromatic N) is 2. The molecule has 5 rings (SSSR count). The van der Waals surface area contributed by atoms with E-state index in [1.165, 1.54) is 40.5 Å². The van der Waals surface area contributed by atoms with Crippen LogP contribution in [0.2, 0.25) is 0 Å². The number of amides is 2. The van der Waals surface area contributed by atoms with E-state index in [0.29, 0.717) is 23.7 Å². The molecule has 42 heavy (non-hydrogen) atoms. The molecule has 10 heteroatoms. The number of anilines is 1. The number of ether oxygens (including phenoxy) is 2. The van der Waals surface area contributed by atoms with Gasteiger partial charge in [0.25, 0.3) is 11.8 Å². The molecule has 0 saturated heterocycles. The van der Waals surface area contributed by atoms with Gasteiger partial charge < -0.3 is 19.7 Å². The van der Waals surface area contributed by atoms with Crippen molar-refractivity contribution >= 4 is 27.5 Å². The quantitative estimate of drug-likeness (QED) is 0.302. The number of hydrogen-bond acceptors (Lipinski definition) is 6. The molecule has 0 aliphatic carbocycles. The van der Waals surface area contributed by atoms with Crippen molar-refractivity contribution < 1.29 is 27.5 Å². The van der Waals surface area contributed by atoms with Crippen LogP contribution in [0.1, 0.15) is 11.1 Å². The Morgan fingerprint density at radius 2 is 1.50 bits per heavy atom. The molecule has 1 aliphatic heterocycles. The molecular formula is C32H31N3O6S. The second kappa shape index (κ2) is 12.9. The molecule has 2 amide bonds. The summed E-state index contributed by atoms with van der Waals surface area (Å²) < 4.78 is 39.0. The van der Waals surface area contributed by atoms with E-state index in [1.807, 2.05) is 60.7 Å². The zero-order valence-electron chi connectivity index (χ0n) is 23.1. The maximum absolute atomic E-state index is 13.3. The van der Waals surface area contributed by atoms with Crippen molar-refractivity contribution in [2.24, 2.45) is 0 Å². The molecule has 1 N–H and O–H groups in total. The fraction of sp³-hybridized carbons (Fsp3) is 0.188. The SMILES string of the molecule is CN(Cc1ccccc1)S(=O)(=O)c1ccc(OCC(=O)N2CC(C(=O)NCc3ccccc3)Oc3ccccc32)cc1. The molecule has 1 unspecified atom stereocenters. The van der Waals surface area contributed by atoms with Gasteiger partial charge in [0.05, 0.1) is 17.1 Å². The number of hydrogen-bond donors (Lipinski definition) is 1. The molecular weight excluding hydrogens is 554 g/mol. The lowest BCUT2D eigenvalue weighted by Gasteiger charge is -2.34. The molecule has 4 aromatic carbocycles. The normalized spacial score (nSPS) is 14.5. The summed E-state index contributed by atoms with van der Waals surface area (Å²) >= 11 is 0. The van der Waals surface area contributed by atoms with Gasteiger partial charge in [0.2, 0.25) is 10.0 Å². The van der Waals surface area contributed by atoms with E-state index in [1.54, 1.807) is 24.3 Å². The highest BCUT2D eigenvalue weighted by Crippen LogP contribution is 2.33. The predicted molar refractivity (Wildman–Crippen MR) is 159 cm³/mol. The fourth-order valence-corrected chi connectivity index (χ4v) is 5.70. The molecule has 0 radical (unpaired) electrons. The number of fused-ring (bicyclic) bond motifs is 1. The van der Waals surface area contributed by atoms with Crippen LogP contribution in [0, 0.1) is 0 Å². The van der Waals surface area contributed by atoms with Gasteiger partial charge in [-0.25, -0.2) is 8.42 Å². The lowest BCUT2D eigenvalue weighted by molar-refractivity contribution is -0.128. The van der Waals surface area contributed by atoms with Gasteiger partial charge in [0, 0.05) is 20.1 Å². The van der Waals surface area contributed by atoms with Crippen LogP contribution in [0.25, 0.3) is 0 Å². The highest BCUT2D eigenvalue weighted by Gasteiger charge is 2.34. The van der Waals surface area contributed by atoms with Crippen molar-refractivity contribution in [3.05, 3.63) is 120 Å². The third kappa shape index (κ3) is 6.79. The number of nitrogens with one attached hydrogen (secondary N) is 1. The molecule has 1 atom stereocenters. The first-order valence-electron chi connectivity index (χ1n) is 13.4. The average Bonchev–Trinajstić information content (AvgIpc) is 3.03. The topological polar surface area (TPSA) is 105 Å². The van der Waals surface area contributed by atoms with Gasteiger partial charge in [0.1, 0.15) is 11.5 Å². The second-order valence-electron chi connectivity index (χ2n) is 9.79. The summed E-state index contributed by atoms with van der Waals surface area (Å²) in [6, 6.07) is 31.8. The van der Waals surface area contributed by atoms with E-state index in [9.17, 15) is 18.0 Å². The first kappa shape index (κ1) is 28.8. The van der Waals surface area contributed by atoms with E-state index >= 15 is 0 Å². The van der Waals surface area contributed by atoms with Crippen LogP contribution in [0.15, 0.2) is 114 Å². The first-order valence-corrected chi connectivity index (χ1v) is 14.9. The van der Waals surface area contributed by atoms with Gasteiger partial charge in [-0.05, 0) is 47.5 Å². The predicted octanol–water partition coefficient (Wildman–Crippen LogP) is 4.00. The van der Waals surface area contributed by atoms with Crippen molar-refractivity contribution in [2.45, 2.75) is 24.1 Å². The van der Waals surface area contributed by atoms with Crippen molar-refractivity contribution in [1.29, 1.82) is 0 Å². The van der Waals surface area contributed by atoms with Crippen LogP contribution in [0.4, 0.5) is 5.69 Å². The summed E-state index contributed by atoms with van der Waals surface area (Å²) in [5, 5.41) is 2.87. The Morgan fingerprint density at radius 1 is 0.881 bits per heavy atom. The van der Waals surface area contributed by atoms with Gasteiger partial charge in [0.15, 0.2) is 12.7 Å². The zero-order valence-corrected chi connectivity index (χ0v) is 23.9. The van der Waals surface area contributed by atoms with Gasteiger partial charge in [-0.2, -0.15) is 4.31 Å². The Morgan fingerprint density at radius 3 is 2.19 bits per heavy atom. The standard InChI is InChI=1S/C32H31N3O6S/c1-34(21-25-12-6-3-7-13-25)42(38,39)27-18-16-26(17-19-27)40-23-31(36)35-22-30(41-29-15-9-8-14-28(29)35)32(37)33-20-24-10-4-2-5-11-24/h2-19,30H,20-23H2,1H3,(H,33,37). The van der Waals surface area contributed by atoms with E-state index in [-0.39, 0.29) is 36.4 Å². The van der Waals surface area contributed by atoms with Crippen LogP contribution in [-0.2, 0) is 32.7 Å². The lowest BCUT2D eigenvalue weighted by Crippen LogP contribution is -2.51. The Hall–Kier alpha value is -4.67. The van der Waals surface area contributed by atoms with Gasteiger partial charge in [-0.1, -0.05) is 72.8 Å². The van der Waals surface area contributed by atoms with Crippen molar-refractivity contribution in [3.8, 4) is 11.5 Å². The molecule has 1 aliphatic rings. The summed E-state index contributed by atoms with van der Waals surface area (Å²) in [5.74, 6) is 0.0601. The highest BCUT2D eigenvalue weighted by atomic mass is 32.2. The van der Waals surface area contributed by atoms with Crippen molar-refractivity contribution in [1.82, 2.24) is 9.62 Å². The second-order valence-corrected chi connectivity index (χ2v) is 11.8. The Balaban J connectivity index is 1.21. The van der Waals surface area contributed by atoms with E-state index < -0.39 is 16.1 Å². The maximum atomic E-state index is 13.3. The Bertz CT molecular complexity index is 1630. The molecule has 216 valence electrons. The van der Waals surface area contributed by atoms with Crippen LogP contribution in [0.5, 0.6) is 11.5 Å². The summed E-state index contributed by atoms with van der Waals surface area (Å²) in [7, 11) is -2.19. The molecule has 9 nitrogen and oxygen atoms in total. The molecule has 1 heterocycles. The Labute approximate surface area is 245 Å². The Kier molecular flexibility index (Phi) is 8.85. The summed E-state index contributed by atoms with van der Waals surface area (Å²) in [5.41, 5.74) is 2.37. The third-order valence-corrected chi connectivity index (χ3v) is 8.64.